The molecule has 152 valence electrons. The molecule has 1 amide bonds. The van der Waals surface area contributed by atoms with Crippen LogP contribution in [0.4, 0.5) is 0 Å². The Morgan fingerprint density at radius 3 is 2.73 bits per heavy atom. The highest BCUT2D eigenvalue weighted by Gasteiger charge is 2.11. The van der Waals surface area contributed by atoms with Gasteiger partial charge in [0.25, 0.3) is 5.56 Å². The first kappa shape index (κ1) is 19.4. The normalized spacial score (nSPS) is 10.8. The minimum atomic E-state index is -0.292. The highest BCUT2D eigenvalue weighted by atomic mass is 16.5. The summed E-state index contributed by atoms with van der Waals surface area (Å²) in [6.45, 7) is 0.697. The Labute approximate surface area is 172 Å². The van der Waals surface area contributed by atoms with Gasteiger partial charge in [-0.05, 0) is 23.3 Å². The Morgan fingerprint density at radius 2 is 1.90 bits per heavy atom. The number of carbonyl (C=O) groups is 1. The molecule has 8 heteroatoms. The van der Waals surface area contributed by atoms with Crippen molar-refractivity contribution in [3.8, 4) is 5.75 Å². The Morgan fingerprint density at radius 1 is 1.10 bits per heavy atom. The lowest BCUT2D eigenvalue weighted by Gasteiger charge is -2.10. The maximum Gasteiger partial charge on any atom is 0.264 e. The fourth-order valence-corrected chi connectivity index (χ4v) is 3.08. The van der Waals surface area contributed by atoms with Crippen LogP contribution in [0.15, 0.2) is 71.9 Å². The molecule has 0 unspecified atom stereocenters. The van der Waals surface area contributed by atoms with Crippen molar-refractivity contribution in [2.75, 3.05) is 0 Å². The van der Waals surface area contributed by atoms with Crippen molar-refractivity contribution < 1.29 is 9.53 Å². The molecule has 0 spiro atoms. The third kappa shape index (κ3) is 4.38. The van der Waals surface area contributed by atoms with Crippen molar-refractivity contribution in [2.24, 2.45) is 7.05 Å². The number of amides is 1. The number of nitrogens with one attached hydrogen (secondary N) is 1. The molecule has 1 N–H and O–H groups in total. The SMILES string of the molecule is Cn1ncc2c(=O)n(CC(=O)NCc3cccc(OCc4ccccc4)c3)cnc21. The second kappa shape index (κ2) is 8.60. The molecule has 0 aliphatic carbocycles. The predicted molar refractivity (Wildman–Crippen MR) is 112 cm³/mol. The summed E-state index contributed by atoms with van der Waals surface area (Å²) >= 11 is 0. The van der Waals surface area contributed by atoms with Crippen molar-refractivity contribution in [3.05, 3.63) is 88.6 Å². The minimum absolute atomic E-state index is 0.110. The Balaban J connectivity index is 1.35. The number of hydrogen-bond acceptors (Lipinski definition) is 5. The van der Waals surface area contributed by atoms with E-state index in [9.17, 15) is 9.59 Å². The first-order chi connectivity index (χ1) is 14.6. The molecule has 8 nitrogen and oxygen atoms in total. The quantitative estimate of drug-likeness (QED) is 0.510. The number of rotatable bonds is 7. The molecule has 4 aromatic rings. The summed E-state index contributed by atoms with van der Waals surface area (Å²) in [7, 11) is 1.71. The van der Waals surface area contributed by atoms with Crippen LogP contribution < -0.4 is 15.6 Å². The molecule has 0 saturated heterocycles. The van der Waals surface area contributed by atoms with Crippen LogP contribution in [0.3, 0.4) is 0 Å². The summed E-state index contributed by atoms with van der Waals surface area (Å²) in [5.74, 6) is 0.450. The van der Waals surface area contributed by atoms with Gasteiger partial charge in [0.2, 0.25) is 5.91 Å². The molecule has 0 radical (unpaired) electrons. The number of nitrogens with zero attached hydrogens (tertiary/aromatic N) is 4. The number of ether oxygens (including phenoxy) is 1. The fraction of sp³-hybridized carbons (Fsp3) is 0.182. The van der Waals surface area contributed by atoms with E-state index < -0.39 is 0 Å². The van der Waals surface area contributed by atoms with Gasteiger partial charge in [-0.1, -0.05) is 42.5 Å². The number of fused-ring (bicyclic) bond motifs is 1. The maximum absolute atomic E-state index is 12.5. The van der Waals surface area contributed by atoms with Gasteiger partial charge in [0.05, 0.1) is 6.20 Å². The molecule has 0 aliphatic rings. The van der Waals surface area contributed by atoms with Crippen LogP contribution in [0, 0.1) is 0 Å². The smallest absolute Gasteiger partial charge is 0.264 e. The molecular formula is C22H21N5O3. The third-order valence-electron chi connectivity index (χ3n) is 4.67. The lowest BCUT2D eigenvalue weighted by molar-refractivity contribution is -0.121. The summed E-state index contributed by atoms with van der Waals surface area (Å²) in [5.41, 5.74) is 2.19. The van der Waals surface area contributed by atoms with E-state index in [0.717, 1.165) is 16.9 Å². The molecule has 0 aliphatic heterocycles. The van der Waals surface area contributed by atoms with E-state index in [2.05, 4.69) is 15.4 Å². The van der Waals surface area contributed by atoms with Crippen molar-refractivity contribution >= 4 is 16.9 Å². The minimum Gasteiger partial charge on any atom is -0.489 e. The largest absolute Gasteiger partial charge is 0.489 e. The van der Waals surface area contributed by atoms with Gasteiger partial charge in [-0.25, -0.2) is 4.98 Å². The van der Waals surface area contributed by atoms with E-state index >= 15 is 0 Å². The molecule has 0 saturated carbocycles. The van der Waals surface area contributed by atoms with E-state index in [4.69, 9.17) is 4.74 Å². The zero-order chi connectivity index (χ0) is 20.9. The van der Waals surface area contributed by atoms with Crippen molar-refractivity contribution in [1.29, 1.82) is 0 Å². The average Bonchev–Trinajstić information content (AvgIpc) is 3.15. The van der Waals surface area contributed by atoms with E-state index in [-0.39, 0.29) is 18.0 Å². The van der Waals surface area contributed by atoms with Gasteiger partial charge >= 0.3 is 0 Å². The molecule has 0 atom stereocenters. The summed E-state index contributed by atoms with van der Waals surface area (Å²) in [6.07, 6.45) is 2.82. The highest BCUT2D eigenvalue weighted by molar-refractivity contribution is 5.77. The van der Waals surface area contributed by atoms with Gasteiger partial charge in [0.1, 0.15) is 30.6 Å². The van der Waals surface area contributed by atoms with Gasteiger partial charge < -0.3 is 10.1 Å². The van der Waals surface area contributed by atoms with Crippen molar-refractivity contribution in [1.82, 2.24) is 24.6 Å². The molecule has 2 aromatic heterocycles. The number of hydrogen-bond donors (Lipinski definition) is 1. The lowest BCUT2D eigenvalue weighted by Crippen LogP contribution is -2.32. The van der Waals surface area contributed by atoms with Crippen LogP contribution in [-0.4, -0.2) is 25.2 Å². The Bertz CT molecular complexity index is 1230. The summed E-state index contributed by atoms with van der Waals surface area (Å²) < 4.78 is 8.62. The molecule has 0 bridgehead atoms. The summed E-state index contributed by atoms with van der Waals surface area (Å²) in [6, 6.07) is 17.5. The average molecular weight is 403 g/mol. The third-order valence-corrected chi connectivity index (χ3v) is 4.67. The van der Waals surface area contributed by atoms with Crippen LogP contribution >= 0.6 is 0 Å². The Hall–Kier alpha value is -3.94. The summed E-state index contributed by atoms with van der Waals surface area (Å²) in [5, 5.41) is 7.24. The zero-order valence-corrected chi connectivity index (χ0v) is 16.5. The topological polar surface area (TPSA) is 91.0 Å². The van der Waals surface area contributed by atoms with Crippen LogP contribution in [0.25, 0.3) is 11.0 Å². The van der Waals surface area contributed by atoms with Crippen LogP contribution in [0.1, 0.15) is 11.1 Å². The molecule has 0 fully saturated rings. The standard InChI is InChI=1S/C22H21N5O3/c1-26-21-19(12-25-26)22(29)27(15-24-21)13-20(28)23-11-17-8-5-9-18(10-17)30-14-16-6-3-2-4-7-16/h2-10,12,15H,11,13-14H2,1H3,(H,23,28). The van der Waals surface area contributed by atoms with Gasteiger partial charge in [-0.3, -0.25) is 18.8 Å². The molecule has 30 heavy (non-hydrogen) atoms. The van der Waals surface area contributed by atoms with Crippen molar-refractivity contribution in [3.63, 3.8) is 0 Å². The zero-order valence-electron chi connectivity index (χ0n) is 16.5. The predicted octanol–water partition coefficient (Wildman–Crippen LogP) is 2.03. The molecular weight excluding hydrogens is 382 g/mol. The highest BCUT2D eigenvalue weighted by Crippen LogP contribution is 2.15. The first-order valence-electron chi connectivity index (χ1n) is 9.49. The number of aromatic nitrogens is 4. The lowest BCUT2D eigenvalue weighted by atomic mass is 10.2. The van der Waals surface area contributed by atoms with Crippen molar-refractivity contribution in [2.45, 2.75) is 19.7 Å². The van der Waals surface area contributed by atoms with Crippen LogP contribution in [0.5, 0.6) is 5.75 Å². The number of carbonyl (C=O) groups excluding carboxylic acids is 1. The van der Waals surface area contributed by atoms with Gasteiger partial charge in [-0.15, -0.1) is 0 Å². The van der Waals surface area contributed by atoms with Crippen LogP contribution in [0.2, 0.25) is 0 Å². The number of benzene rings is 2. The van der Waals surface area contributed by atoms with Gasteiger partial charge in [-0.2, -0.15) is 5.10 Å². The van der Waals surface area contributed by atoms with E-state index in [0.29, 0.717) is 24.2 Å². The monoisotopic (exact) mass is 403 g/mol. The van der Waals surface area contributed by atoms with E-state index in [1.165, 1.54) is 21.8 Å². The van der Waals surface area contributed by atoms with Crippen LogP contribution in [-0.2, 0) is 31.5 Å². The van der Waals surface area contributed by atoms with E-state index in [1.54, 1.807) is 7.05 Å². The molecule has 2 heterocycles. The maximum atomic E-state index is 12.5. The Kier molecular flexibility index (Phi) is 5.56. The van der Waals surface area contributed by atoms with Gasteiger partial charge in [0, 0.05) is 13.6 Å². The molecule has 4 rings (SSSR count). The number of aryl methyl sites for hydroxylation is 1. The second-order valence-corrected chi connectivity index (χ2v) is 6.88. The second-order valence-electron chi connectivity index (χ2n) is 6.88. The fourth-order valence-electron chi connectivity index (χ4n) is 3.08. The van der Waals surface area contributed by atoms with Gasteiger partial charge in [0.15, 0.2) is 5.65 Å². The van der Waals surface area contributed by atoms with E-state index in [1.807, 2.05) is 54.6 Å². The first-order valence-corrected chi connectivity index (χ1v) is 9.49. The summed E-state index contributed by atoms with van der Waals surface area (Å²) in [4.78, 5) is 29.0. The molecule has 2 aromatic carbocycles.